The van der Waals surface area contributed by atoms with Crippen LogP contribution in [-0.2, 0) is 6.54 Å². The summed E-state index contributed by atoms with van der Waals surface area (Å²) < 4.78 is 1.85. The summed E-state index contributed by atoms with van der Waals surface area (Å²) in [5, 5.41) is 14.7. The summed E-state index contributed by atoms with van der Waals surface area (Å²) in [7, 11) is 0. The molecule has 16 heavy (non-hydrogen) atoms. The molecule has 5 heteroatoms. The van der Waals surface area contributed by atoms with Crippen molar-refractivity contribution in [2.24, 2.45) is 0 Å². The van der Waals surface area contributed by atoms with Gasteiger partial charge in [0.2, 0.25) is 0 Å². The van der Waals surface area contributed by atoms with Crippen LogP contribution >= 0.6 is 0 Å². The van der Waals surface area contributed by atoms with Gasteiger partial charge < -0.3 is 0 Å². The third-order valence-corrected chi connectivity index (χ3v) is 2.39. The second-order valence-electron chi connectivity index (χ2n) is 3.34. The van der Waals surface area contributed by atoms with Gasteiger partial charge in [0.15, 0.2) is 0 Å². The molecular formula is C11H11N3O2. The molecule has 5 nitrogen and oxygen atoms in total. The SMILES string of the molecule is CCn1nccc1-c1ccc([N+](=O)[O-])cc1. The molecule has 0 bridgehead atoms. The standard InChI is InChI=1S/C11H11N3O2/c1-2-13-11(7-8-12-13)9-3-5-10(6-4-9)14(15)16/h3-8H,2H2,1H3. The van der Waals surface area contributed by atoms with E-state index in [1.54, 1.807) is 18.3 Å². The molecule has 0 unspecified atom stereocenters. The van der Waals surface area contributed by atoms with Crippen LogP contribution in [0.15, 0.2) is 36.5 Å². The van der Waals surface area contributed by atoms with Crippen molar-refractivity contribution in [2.75, 3.05) is 0 Å². The molecule has 0 radical (unpaired) electrons. The van der Waals surface area contributed by atoms with E-state index in [0.29, 0.717) is 0 Å². The monoisotopic (exact) mass is 217 g/mol. The molecule has 0 saturated heterocycles. The zero-order valence-corrected chi connectivity index (χ0v) is 8.83. The Kier molecular flexibility index (Phi) is 2.68. The number of aryl methyl sites for hydroxylation is 1. The quantitative estimate of drug-likeness (QED) is 0.586. The maximum Gasteiger partial charge on any atom is 0.269 e. The van der Waals surface area contributed by atoms with E-state index in [0.717, 1.165) is 17.8 Å². The Morgan fingerprint density at radius 2 is 2.00 bits per heavy atom. The molecule has 0 N–H and O–H groups in total. The molecule has 0 spiro atoms. The number of nitrogens with zero attached hydrogens (tertiary/aromatic N) is 3. The van der Waals surface area contributed by atoms with Crippen molar-refractivity contribution < 1.29 is 4.92 Å². The molecule has 0 amide bonds. The number of nitro benzene ring substituents is 1. The molecule has 0 aliphatic carbocycles. The van der Waals surface area contributed by atoms with E-state index < -0.39 is 4.92 Å². The van der Waals surface area contributed by atoms with Crippen LogP contribution in [-0.4, -0.2) is 14.7 Å². The smallest absolute Gasteiger partial charge is 0.265 e. The Balaban J connectivity index is 2.38. The molecule has 1 aromatic heterocycles. The third kappa shape index (κ3) is 1.79. The van der Waals surface area contributed by atoms with Gasteiger partial charge in [-0.25, -0.2) is 0 Å². The fraction of sp³-hybridized carbons (Fsp3) is 0.182. The first kappa shape index (κ1) is 10.4. The van der Waals surface area contributed by atoms with Gasteiger partial charge in [-0.2, -0.15) is 5.10 Å². The molecule has 1 heterocycles. The lowest BCUT2D eigenvalue weighted by Crippen LogP contribution is -1.98. The molecular weight excluding hydrogens is 206 g/mol. The summed E-state index contributed by atoms with van der Waals surface area (Å²) in [5.41, 5.74) is 2.01. The van der Waals surface area contributed by atoms with Crippen molar-refractivity contribution in [1.29, 1.82) is 0 Å². The molecule has 2 rings (SSSR count). The van der Waals surface area contributed by atoms with Crippen molar-refractivity contribution in [2.45, 2.75) is 13.5 Å². The highest BCUT2D eigenvalue weighted by atomic mass is 16.6. The summed E-state index contributed by atoms with van der Waals surface area (Å²) >= 11 is 0. The van der Waals surface area contributed by atoms with Crippen molar-refractivity contribution in [1.82, 2.24) is 9.78 Å². The van der Waals surface area contributed by atoms with E-state index in [1.165, 1.54) is 12.1 Å². The zero-order valence-electron chi connectivity index (χ0n) is 8.83. The number of hydrogen-bond acceptors (Lipinski definition) is 3. The fourth-order valence-electron chi connectivity index (χ4n) is 1.58. The van der Waals surface area contributed by atoms with E-state index in [9.17, 15) is 10.1 Å². The van der Waals surface area contributed by atoms with Crippen molar-refractivity contribution in [3.63, 3.8) is 0 Å². The molecule has 1 aromatic carbocycles. The second-order valence-corrected chi connectivity index (χ2v) is 3.34. The Morgan fingerprint density at radius 3 is 2.56 bits per heavy atom. The average molecular weight is 217 g/mol. The van der Waals surface area contributed by atoms with Crippen LogP contribution in [0.5, 0.6) is 0 Å². The average Bonchev–Trinajstić information content (AvgIpc) is 2.77. The van der Waals surface area contributed by atoms with Gasteiger partial charge >= 0.3 is 0 Å². The first-order chi connectivity index (χ1) is 7.72. The van der Waals surface area contributed by atoms with Gasteiger partial charge in [0.25, 0.3) is 5.69 Å². The van der Waals surface area contributed by atoms with Crippen LogP contribution in [0, 0.1) is 10.1 Å². The summed E-state index contributed by atoms with van der Waals surface area (Å²) in [4.78, 5) is 10.1. The Labute approximate surface area is 92.5 Å². The van der Waals surface area contributed by atoms with Crippen LogP contribution < -0.4 is 0 Å². The molecule has 0 aliphatic heterocycles. The van der Waals surface area contributed by atoms with Crippen molar-refractivity contribution >= 4 is 5.69 Å². The number of nitro groups is 1. The van der Waals surface area contributed by atoms with Crippen LogP contribution in [0.4, 0.5) is 5.69 Å². The number of non-ortho nitro benzene ring substituents is 1. The minimum Gasteiger partial charge on any atom is -0.265 e. The van der Waals surface area contributed by atoms with Crippen LogP contribution in [0.2, 0.25) is 0 Å². The summed E-state index contributed by atoms with van der Waals surface area (Å²) in [6.07, 6.45) is 1.72. The first-order valence-corrected chi connectivity index (χ1v) is 4.99. The molecule has 2 aromatic rings. The zero-order chi connectivity index (χ0) is 11.5. The van der Waals surface area contributed by atoms with Gasteiger partial charge in [0.05, 0.1) is 10.6 Å². The lowest BCUT2D eigenvalue weighted by molar-refractivity contribution is -0.384. The van der Waals surface area contributed by atoms with E-state index >= 15 is 0 Å². The van der Waals surface area contributed by atoms with E-state index in [1.807, 2.05) is 17.7 Å². The minimum atomic E-state index is -0.402. The van der Waals surface area contributed by atoms with Crippen LogP contribution in [0.25, 0.3) is 11.3 Å². The maximum absolute atomic E-state index is 10.5. The minimum absolute atomic E-state index is 0.103. The predicted molar refractivity (Wildman–Crippen MR) is 60.0 cm³/mol. The van der Waals surface area contributed by atoms with Gasteiger partial charge in [-0.3, -0.25) is 14.8 Å². The normalized spacial score (nSPS) is 10.3. The number of benzene rings is 1. The number of rotatable bonds is 3. The van der Waals surface area contributed by atoms with Crippen molar-refractivity contribution in [3.8, 4) is 11.3 Å². The lowest BCUT2D eigenvalue weighted by atomic mass is 10.1. The highest BCUT2D eigenvalue weighted by molar-refractivity contribution is 5.60. The van der Waals surface area contributed by atoms with Gasteiger partial charge in [0, 0.05) is 30.4 Å². The maximum atomic E-state index is 10.5. The molecule has 0 atom stereocenters. The summed E-state index contributed by atoms with van der Waals surface area (Å²) in [5.74, 6) is 0. The Bertz CT molecular complexity index is 502. The largest absolute Gasteiger partial charge is 0.269 e. The van der Waals surface area contributed by atoms with E-state index in [4.69, 9.17) is 0 Å². The highest BCUT2D eigenvalue weighted by Crippen LogP contribution is 2.21. The number of hydrogen-bond donors (Lipinski definition) is 0. The Morgan fingerprint density at radius 1 is 1.31 bits per heavy atom. The first-order valence-electron chi connectivity index (χ1n) is 4.99. The lowest BCUT2D eigenvalue weighted by Gasteiger charge is -2.03. The molecule has 0 saturated carbocycles. The molecule has 0 fully saturated rings. The van der Waals surface area contributed by atoms with Gasteiger partial charge in [0.1, 0.15) is 0 Å². The summed E-state index contributed by atoms with van der Waals surface area (Å²) in [6, 6.07) is 8.37. The van der Waals surface area contributed by atoms with Gasteiger partial charge in [-0.1, -0.05) is 0 Å². The predicted octanol–water partition coefficient (Wildman–Crippen LogP) is 2.48. The van der Waals surface area contributed by atoms with Crippen molar-refractivity contribution in [3.05, 3.63) is 46.6 Å². The third-order valence-electron chi connectivity index (χ3n) is 2.39. The fourth-order valence-corrected chi connectivity index (χ4v) is 1.58. The Hall–Kier alpha value is -2.17. The molecule has 0 aliphatic rings. The summed E-state index contributed by atoms with van der Waals surface area (Å²) in [6.45, 7) is 2.78. The van der Waals surface area contributed by atoms with Crippen LogP contribution in [0.3, 0.4) is 0 Å². The van der Waals surface area contributed by atoms with Crippen LogP contribution in [0.1, 0.15) is 6.92 Å². The van der Waals surface area contributed by atoms with E-state index in [-0.39, 0.29) is 5.69 Å². The topological polar surface area (TPSA) is 61.0 Å². The molecule has 82 valence electrons. The van der Waals surface area contributed by atoms with Gasteiger partial charge in [-0.15, -0.1) is 0 Å². The second kappa shape index (κ2) is 4.14. The van der Waals surface area contributed by atoms with E-state index in [2.05, 4.69) is 5.10 Å². The van der Waals surface area contributed by atoms with Gasteiger partial charge in [-0.05, 0) is 25.1 Å². The highest BCUT2D eigenvalue weighted by Gasteiger charge is 2.07. The number of aromatic nitrogens is 2.